The minimum Gasteiger partial charge on any atom is -0.456 e. The van der Waals surface area contributed by atoms with E-state index < -0.39 is 0 Å². The molecular weight excluding hydrogens is 244 g/mol. The van der Waals surface area contributed by atoms with Crippen molar-refractivity contribution in [3.8, 4) is 0 Å². The SMILES string of the molecule is CCc1ccc(C(=O)N2CCN(CC(C)O)CC2)o1. The van der Waals surface area contributed by atoms with E-state index in [9.17, 15) is 9.90 Å². The Labute approximate surface area is 113 Å². The number of hydrogen-bond donors (Lipinski definition) is 1. The van der Waals surface area contributed by atoms with Crippen LogP contribution in [0.5, 0.6) is 0 Å². The summed E-state index contributed by atoms with van der Waals surface area (Å²) in [4.78, 5) is 16.2. The van der Waals surface area contributed by atoms with E-state index in [1.165, 1.54) is 0 Å². The molecule has 1 aliphatic heterocycles. The molecule has 1 aromatic rings. The van der Waals surface area contributed by atoms with Gasteiger partial charge in [-0.25, -0.2) is 0 Å². The van der Waals surface area contributed by atoms with Gasteiger partial charge in [-0.3, -0.25) is 9.69 Å². The zero-order valence-corrected chi connectivity index (χ0v) is 11.6. The fourth-order valence-corrected chi connectivity index (χ4v) is 2.35. The summed E-state index contributed by atoms with van der Waals surface area (Å²) < 4.78 is 5.49. The van der Waals surface area contributed by atoms with Gasteiger partial charge in [-0.1, -0.05) is 6.92 Å². The number of β-amino-alcohol motifs (C(OH)–C–C–N with tert-alkyl or cyclic N) is 1. The minimum atomic E-state index is -0.320. The molecule has 1 aromatic heterocycles. The largest absolute Gasteiger partial charge is 0.456 e. The summed E-state index contributed by atoms with van der Waals surface area (Å²) in [7, 11) is 0. The number of hydrogen-bond acceptors (Lipinski definition) is 4. The quantitative estimate of drug-likeness (QED) is 0.882. The third-order valence-electron chi connectivity index (χ3n) is 3.40. The van der Waals surface area contributed by atoms with Crippen molar-refractivity contribution >= 4 is 5.91 Å². The molecule has 0 spiro atoms. The molecule has 1 aliphatic rings. The molecule has 106 valence electrons. The average Bonchev–Trinajstić information content (AvgIpc) is 2.87. The van der Waals surface area contributed by atoms with Gasteiger partial charge in [0, 0.05) is 39.1 Å². The number of nitrogens with zero attached hydrogens (tertiary/aromatic N) is 2. The van der Waals surface area contributed by atoms with Crippen LogP contribution in [0.25, 0.3) is 0 Å². The summed E-state index contributed by atoms with van der Waals surface area (Å²) in [5.74, 6) is 1.24. The van der Waals surface area contributed by atoms with Gasteiger partial charge in [0.05, 0.1) is 6.10 Å². The molecule has 1 saturated heterocycles. The van der Waals surface area contributed by atoms with Gasteiger partial charge in [0.1, 0.15) is 5.76 Å². The van der Waals surface area contributed by atoms with Gasteiger partial charge in [-0.05, 0) is 19.1 Å². The second kappa shape index (κ2) is 6.21. The Bertz CT molecular complexity index is 420. The van der Waals surface area contributed by atoms with E-state index in [0.29, 0.717) is 25.4 Å². The summed E-state index contributed by atoms with van der Waals surface area (Å²) in [6.45, 7) is 7.44. The van der Waals surface area contributed by atoms with Crippen LogP contribution in [-0.4, -0.2) is 59.6 Å². The highest BCUT2D eigenvalue weighted by Gasteiger charge is 2.24. The minimum absolute atomic E-state index is 0.0311. The summed E-state index contributed by atoms with van der Waals surface area (Å²) in [6, 6.07) is 3.61. The van der Waals surface area contributed by atoms with Crippen LogP contribution in [0.4, 0.5) is 0 Å². The van der Waals surface area contributed by atoms with Gasteiger partial charge in [0.15, 0.2) is 5.76 Å². The lowest BCUT2D eigenvalue weighted by Gasteiger charge is -2.34. The van der Waals surface area contributed by atoms with Crippen molar-refractivity contribution in [3.05, 3.63) is 23.7 Å². The number of carbonyl (C=O) groups is 1. The predicted molar refractivity (Wildman–Crippen MR) is 72.1 cm³/mol. The Kier molecular flexibility index (Phi) is 4.61. The van der Waals surface area contributed by atoms with Crippen molar-refractivity contribution in [2.45, 2.75) is 26.4 Å². The number of aliphatic hydroxyl groups excluding tert-OH is 1. The second-order valence-corrected chi connectivity index (χ2v) is 5.06. The summed E-state index contributed by atoms with van der Waals surface area (Å²) >= 11 is 0. The van der Waals surface area contributed by atoms with E-state index in [1.54, 1.807) is 13.0 Å². The molecule has 0 aromatic carbocycles. The third-order valence-corrected chi connectivity index (χ3v) is 3.40. The average molecular weight is 266 g/mol. The molecule has 5 heteroatoms. The lowest BCUT2D eigenvalue weighted by Crippen LogP contribution is -2.50. The lowest BCUT2D eigenvalue weighted by molar-refractivity contribution is 0.0527. The topological polar surface area (TPSA) is 56.9 Å². The van der Waals surface area contributed by atoms with Gasteiger partial charge in [0.2, 0.25) is 0 Å². The van der Waals surface area contributed by atoms with Crippen LogP contribution in [0, 0.1) is 0 Å². The first-order valence-corrected chi connectivity index (χ1v) is 6.88. The van der Waals surface area contributed by atoms with E-state index in [2.05, 4.69) is 4.90 Å². The molecule has 1 atom stereocenters. The fraction of sp³-hybridized carbons (Fsp3) is 0.643. The molecular formula is C14H22N2O3. The van der Waals surface area contributed by atoms with E-state index in [-0.39, 0.29) is 12.0 Å². The maximum Gasteiger partial charge on any atom is 0.289 e. The Morgan fingerprint density at radius 1 is 1.37 bits per heavy atom. The number of carbonyl (C=O) groups excluding carboxylic acids is 1. The van der Waals surface area contributed by atoms with Crippen molar-refractivity contribution in [2.24, 2.45) is 0 Å². The van der Waals surface area contributed by atoms with E-state index in [4.69, 9.17) is 4.42 Å². The molecule has 0 saturated carbocycles. The smallest absolute Gasteiger partial charge is 0.289 e. The standard InChI is InChI=1S/C14H22N2O3/c1-3-12-4-5-13(19-12)14(18)16-8-6-15(7-9-16)10-11(2)17/h4-5,11,17H,3,6-10H2,1-2H3. The van der Waals surface area contributed by atoms with Gasteiger partial charge in [-0.15, -0.1) is 0 Å². The van der Waals surface area contributed by atoms with Crippen LogP contribution < -0.4 is 0 Å². The van der Waals surface area contributed by atoms with Crippen molar-refractivity contribution in [2.75, 3.05) is 32.7 Å². The molecule has 1 amide bonds. The van der Waals surface area contributed by atoms with E-state index in [1.807, 2.05) is 17.9 Å². The molecule has 1 N–H and O–H groups in total. The highest BCUT2D eigenvalue weighted by atomic mass is 16.4. The monoisotopic (exact) mass is 266 g/mol. The first-order valence-electron chi connectivity index (χ1n) is 6.88. The van der Waals surface area contributed by atoms with Gasteiger partial charge >= 0.3 is 0 Å². The van der Waals surface area contributed by atoms with Gasteiger partial charge in [-0.2, -0.15) is 0 Å². The van der Waals surface area contributed by atoms with Crippen molar-refractivity contribution in [1.82, 2.24) is 9.80 Å². The number of furan rings is 1. The molecule has 0 aliphatic carbocycles. The molecule has 0 radical (unpaired) electrons. The fourth-order valence-electron chi connectivity index (χ4n) is 2.35. The summed E-state index contributed by atoms with van der Waals surface area (Å²) in [6.07, 6.45) is 0.481. The van der Waals surface area contributed by atoms with Crippen LogP contribution in [-0.2, 0) is 6.42 Å². The third kappa shape index (κ3) is 3.58. The number of rotatable bonds is 4. The number of aliphatic hydroxyl groups is 1. The van der Waals surface area contributed by atoms with Crippen LogP contribution in [0.2, 0.25) is 0 Å². The highest BCUT2D eigenvalue weighted by Crippen LogP contribution is 2.13. The number of amides is 1. The van der Waals surface area contributed by atoms with Gasteiger partial charge in [0.25, 0.3) is 5.91 Å². The molecule has 5 nitrogen and oxygen atoms in total. The zero-order valence-electron chi connectivity index (χ0n) is 11.6. The first-order chi connectivity index (χ1) is 9.10. The first kappa shape index (κ1) is 14.1. The molecule has 2 rings (SSSR count). The van der Waals surface area contributed by atoms with Crippen molar-refractivity contribution in [1.29, 1.82) is 0 Å². The van der Waals surface area contributed by atoms with Crippen LogP contribution in [0.15, 0.2) is 16.5 Å². The van der Waals surface area contributed by atoms with E-state index >= 15 is 0 Å². The van der Waals surface area contributed by atoms with Crippen LogP contribution >= 0.6 is 0 Å². The highest BCUT2D eigenvalue weighted by molar-refractivity contribution is 5.91. The van der Waals surface area contributed by atoms with Crippen LogP contribution in [0.3, 0.4) is 0 Å². The van der Waals surface area contributed by atoms with Crippen molar-refractivity contribution in [3.63, 3.8) is 0 Å². The van der Waals surface area contributed by atoms with E-state index in [0.717, 1.165) is 25.3 Å². The summed E-state index contributed by atoms with van der Waals surface area (Å²) in [5.41, 5.74) is 0. The Hall–Kier alpha value is -1.33. The predicted octanol–water partition coefficient (Wildman–Crippen LogP) is 0.981. The number of aryl methyl sites for hydroxylation is 1. The van der Waals surface area contributed by atoms with Gasteiger partial charge < -0.3 is 14.4 Å². The van der Waals surface area contributed by atoms with Crippen LogP contribution in [0.1, 0.15) is 30.2 Å². The Morgan fingerprint density at radius 2 is 2.05 bits per heavy atom. The molecule has 0 bridgehead atoms. The summed E-state index contributed by atoms with van der Waals surface area (Å²) in [5, 5.41) is 9.35. The molecule has 1 unspecified atom stereocenters. The number of piperazine rings is 1. The molecule has 1 fully saturated rings. The molecule has 2 heterocycles. The zero-order chi connectivity index (χ0) is 13.8. The Morgan fingerprint density at radius 3 is 2.58 bits per heavy atom. The normalized spacial score (nSPS) is 18.6. The maximum atomic E-state index is 12.2. The maximum absolute atomic E-state index is 12.2. The second-order valence-electron chi connectivity index (χ2n) is 5.06. The molecule has 19 heavy (non-hydrogen) atoms. The lowest BCUT2D eigenvalue weighted by atomic mass is 10.2. The Balaban J connectivity index is 1.88. The van der Waals surface area contributed by atoms with Crippen molar-refractivity contribution < 1.29 is 14.3 Å².